The molecule has 3 rings (SSSR count). The number of carbonyl (C=O) groups is 2. The molecule has 6 heteroatoms. The molecule has 1 aliphatic carbocycles. The Morgan fingerprint density at radius 3 is 2.60 bits per heavy atom. The van der Waals surface area contributed by atoms with Crippen LogP contribution in [-0.4, -0.2) is 36.7 Å². The van der Waals surface area contributed by atoms with Gasteiger partial charge in [-0.2, -0.15) is 0 Å². The van der Waals surface area contributed by atoms with Gasteiger partial charge in [-0.05, 0) is 49.8 Å². The van der Waals surface area contributed by atoms with Crippen LogP contribution < -0.4 is 5.32 Å². The summed E-state index contributed by atoms with van der Waals surface area (Å²) in [6, 6.07) is 7.81. The number of halogens is 1. The Hall–Kier alpha value is -1.59. The van der Waals surface area contributed by atoms with E-state index in [-0.39, 0.29) is 23.2 Å². The number of carboxylic acid groups (broad SMARTS) is 1. The molecule has 1 heterocycles. The molecule has 0 spiro atoms. The van der Waals surface area contributed by atoms with Crippen LogP contribution >= 0.6 is 11.6 Å². The molecule has 0 radical (unpaired) electrons. The van der Waals surface area contributed by atoms with Crippen LogP contribution in [0, 0.1) is 11.8 Å². The maximum absolute atomic E-state index is 12.5. The number of benzene rings is 1. The van der Waals surface area contributed by atoms with Gasteiger partial charge in [0.1, 0.15) is 0 Å². The molecule has 0 aromatic heterocycles. The maximum atomic E-state index is 12.5. The first-order valence-electron chi connectivity index (χ1n) is 8.84. The third-order valence-corrected chi connectivity index (χ3v) is 5.88. The number of nitrogens with one attached hydrogen (secondary N) is 1. The van der Waals surface area contributed by atoms with E-state index in [0.717, 1.165) is 18.4 Å². The van der Waals surface area contributed by atoms with Crippen LogP contribution in [0.4, 0.5) is 0 Å². The van der Waals surface area contributed by atoms with Crippen molar-refractivity contribution in [3.8, 4) is 0 Å². The van der Waals surface area contributed by atoms with Gasteiger partial charge in [0.25, 0.3) is 0 Å². The predicted molar refractivity (Wildman–Crippen MR) is 94.7 cm³/mol. The highest BCUT2D eigenvalue weighted by Crippen LogP contribution is 2.36. The zero-order valence-electron chi connectivity index (χ0n) is 14.2. The lowest BCUT2D eigenvalue weighted by atomic mass is 9.74. The van der Waals surface area contributed by atoms with E-state index in [0.29, 0.717) is 44.0 Å². The van der Waals surface area contributed by atoms with Crippen LogP contribution in [0.25, 0.3) is 0 Å². The van der Waals surface area contributed by atoms with Gasteiger partial charge in [-0.3, -0.25) is 9.59 Å². The molecule has 1 aromatic rings. The topological polar surface area (TPSA) is 75.6 Å². The highest BCUT2D eigenvalue weighted by molar-refractivity contribution is 6.30. The molecule has 2 fully saturated rings. The van der Waals surface area contributed by atoms with Crippen molar-refractivity contribution in [2.24, 2.45) is 11.8 Å². The molecule has 2 atom stereocenters. The summed E-state index contributed by atoms with van der Waals surface area (Å²) >= 11 is 6.16. The zero-order chi connectivity index (χ0) is 17.9. The molecule has 1 amide bonds. The number of hydrogen-bond acceptors (Lipinski definition) is 3. The Kier molecular flexibility index (Phi) is 5.64. The number of aliphatic carboxylic acids is 1. The molecule has 2 N–H and O–H groups in total. The normalized spacial score (nSPS) is 25.5. The van der Waals surface area contributed by atoms with Crippen LogP contribution in [0.15, 0.2) is 24.3 Å². The molecule has 25 heavy (non-hydrogen) atoms. The molecule has 136 valence electrons. The average Bonchev–Trinajstić information content (AvgIpc) is 3.11. The first-order valence-corrected chi connectivity index (χ1v) is 9.22. The van der Waals surface area contributed by atoms with Crippen molar-refractivity contribution in [2.45, 2.75) is 37.5 Å². The zero-order valence-corrected chi connectivity index (χ0v) is 14.9. The summed E-state index contributed by atoms with van der Waals surface area (Å²) < 4.78 is 5.51. The molecule has 1 aliphatic heterocycles. The van der Waals surface area contributed by atoms with Gasteiger partial charge in [0, 0.05) is 36.1 Å². The van der Waals surface area contributed by atoms with Gasteiger partial charge >= 0.3 is 5.97 Å². The minimum Gasteiger partial charge on any atom is -0.481 e. The van der Waals surface area contributed by atoms with Crippen LogP contribution in [-0.2, 0) is 19.7 Å². The van der Waals surface area contributed by atoms with E-state index in [4.69, 9.17) is 21.4 Å². The molecule has 0 bridgehead atoms. The summed E-state index contributed by atoms with van der Waals surface area (Å²) in [4.78, 5) is 23.6. The van der Waals surface area contributed by atoms with E-state index in [1.165, 1.54) is 0 Å². The van der Waals surface area contributed by atoms with E-state index in [9.17, 15) is 9.59 Å². The minimum absolute atomic E-state index is 0.0309. The van der Waals surface area contributed by atoms with Gasteiger partial charge in [-0.25, -0.2) is 0 Å². The summed E-state index contributed by atoms with van der Waals surface area (Å²) in [6.07, 6.45) is 3.33. The van der Waals surface area contributed by atoms with E-state index in [1.54, 1.807) is 0 Å². The second kappa shape index (κ2) is 7.75. The third-order valence-electron chi connectivity index (χ3n) is 5.64. The van der Waals surface area contributed by atoms with E-state index in [1.807, 2.05) is 18.2 Å². The number of ether oxygens (including phenoxy) is 1. The highest BCUT2D eigenvalue weighted by Gasteiger charge is 2.37. The van der Waals surface area contributed by atoms with Crippen LogP contribution in [0.3, 0.4) is 0 Å². The summed E-state index contributed by atoms with van der Waals surface area (Å²) in [5.74, 6) is -1.41. The first kappa shape index (κ1) is 18.2. The summed E-state index contributed by atoms with van der Waals surface area (Å²) in [5.41, 5.74) is 0.947. The largest absolute Gasteiger partial charge is 0.481 e. The molecule has 5 nitrogen and oxygen atoms in total. The molecule has 0 unspecified atom stereocenters. The SMILES string of the molecule is O=C(O)[C@@H]1CC[C@H](C(=O)NCC2(c3cccc(Cl)c3)CCOCC2)C1. The standard InChI is InChI=1S/C19H24ClNO4/c20-16-3-1-2-15(11-16)19(6-8-25-9-7-19)12-21-17(22)13-4-5-14(10-13)18(23)24/h1-3,11,13-14H,4-10,12H2,(H,21,22)(H,23,24)/t13-,14+/m0/s1. The molecular formula is C19H24ClNO4. The fourth-order valence-corrected chi connectivity index (χ4v) is 4.18. The van der Waals surface area contributed by atoms with E-state index in [2.05, 4.69) is 11.4 Å². The number of carboxylic acids is 1. The number of carbonyl (C=O) groups excluding carboxylic acids is 1. The lowest BCUT2D eigenvalue weighted by Gasteiger charge is -2.38. The van der Waals surface area contributed by atoms with Gasteiger partial charge in [-0.15, -0.1) is 0 Å². The van der Waals surface area contributed by atoms with Crippen LogP contribution in [0.2, 0.25) is 5.02 Å². The fraction of sp³-hybridized carbons (Fsp3) is 0.579. The van der Waals surface area contributed by atoms with Gasteiger partial charge in [0.15, 0.2) is 0 Å². The number of hydrogen-bond donors (Lipinski definition) is 2. The smallest absolute Gasteiger partial charge is 0.306 e. The van der Waals surface area contributed by atoms with Crippen molar-refractivity contribution >= 4 is 23.5 Å². The predicted octanol–water partition coefficient (Wildman–Crippen LogP) is 3.01. The monoisotopic (exact) mass is 365 g/mol. The molecule has 1 saturated carbocycles. The molecule has 2 aliphatic rings. The van der Waals surface area contributed by atoms with Crippen LogP contribution in [0.5, 0.6) is 0 Å². The van der Waals surface area contributed by atoms with Crippen molar-refractivity contribution in [2.75, 3.05) is 19.8 Å². The maximum Gasteiger partial charge on any atom is 0.306 e. The van der Waals surface area contributed by atoms with E-state index >= 15 is 0 Å². The molecule has 1 aromatic carbocycles. The Labute approximate surface area is 152 Å². The van der Waals surface area contributed by atoms with Crippen molar-refractivity contribution in [1.29, 1.82) is 0 Å². The fourth-order valence-electron chi connectivity index (χ4n) is 3.99. The van der Waals surface area contributed by atoms with Gasteiger partial charge < -0.3 is 15.2 Å². The van der Waals surface area contributed by atoms with Gasteiger partial charge in [-0.1, -0.05) is 23.7 Å². The molecular weight excluding hydrogens is 342 g/mol. The molecule has 1 saturated heterocycles. The van der Waals surface area contributed by atoms with Crippen molar-refractivity contribution in [3.05, 3.63) is 34.9 Å². The Bertz CT molecular complexity index is 642. The minimum atomic E-state index is -0.796. The lowest BCUT2D eigenvalue weighted by molar-refractivity contribution is -0.141. The van der Waals surface area contributed by atoms with Crippen LogP contribution in [0.1, 0.15) is 37.7 Å². The lowest BCUT2D eigenvalue weighted by Crippen LogP contribution is -2.45. The second-order valence-electron chi connectivity index (χ2n) is 7.17. The Balaban J connectivity index is 1.67. The van der Waals surface area contributed by atoms with Gasteiger partial charge in [0.05, 0.1) is 5.92 Å². The van der Waals surface area contributed by atoms with Gasteiger partial charge in [0.2, 0.25) is 5.91 Å². The van der Waals surface area contributed by atoms with Crippen molar-refractivity contribution in [1.82, 2.24) is 5.32 Å². The van der Waals surface area contributed by atoms with Crippen molar-refractivity contribution in [3.63, 3.8) is 0 Å². The Morgan fingerprint density at radius 2 is 1.96 bits per heavy atom. The number of rotatable bonds is 5. The van der Waals surface area contributed by atoms with E-state index < -0.39 is 5.97 Å². The van der Waals surface area contributed by atoms with Crippen molar-refractivity contribution < 1.29 is 19.4 Å². The summed E-state index contributed by atoms with van der Waals surface area (Å²) in [6.45, 7) is 1.85. The summed E-state index contributed by atoms with van der Waals surface area (Å²) in [5, 5.41) is 12.9. The third kappa shape index (κ3) is 4.15. The average molecular weight is 366 g/mol. The summed E-state index contributed by atoms with van der Waals surface area (Å²) in [7, 11) is 0. The number of amides is 1. The highest BCUT2D eigenvalue weighted by atomic mass is 35.5. The Morgan fingerprint density at radius 1 is 1.24 bits per heavy atom. The second-order valence-corrected chi connectivity index (χ2v) is 7.60. The quantitative estimate of drug-likeness (QED) is 0.841. The first-order chi connectivity index (χ1) is 12.0.